The molecule has 0 bridgehead atoms. The molecule has 254 valence electrons. The summed E-state index contributed by atoms with van der Waals surface area (Å²) in [6.07, 6.45) is 0. The van der Waals surface area contributed by atoms with Gasteiger partial charge in [-0.25, -0.2) is 0 Å². The number of benzene rings is 8. The first-order chi connectivity index (χ1) is 26.8. The van der Waals surface area contributed by atoms with Crippen LogP contribution in [0.4, 0.5) is 0 Å². The first kappa shape index (κ1) is 35.1. The molecule has 8 aromatic carbocycles. The van der Waals surface area contributed by atoms with Crippen LogP contribution in [0.15, 0.2) is 158 Å². The molecule has 9 aromatic rings. The number of hydrogen-bond acceptors (Lipinski definition) is 1. The molecule has 0 amide bonds. The maximum Gasteiger partial charge on any atom is 0.141 e. The van der Waals surface area contributed by atoms with E-state index in [2.05, 4.69) is 205 Å². The van der Waals surface area contributed by atoms with Gasteiger partial charge in [-0.05, 0) is 90.3 Å². The number of fused-ring (bicyclic) bond motifs is 3. The normalized spacial score (nSPS) is 11.3. The maximum absolute atomic E-state index is 2.42. The van der Waals surface area contributed by atoms with Crippen molar-refractivity contribution in [3.05, 3.63) is 158 Å². The van der Waals surface area contributed by atoms with E-state index in [4.69, 9.17) is 0 Å². The van der Waals surface area contributed by atoms with Crippen molar-refractivity contribution in [1.29, 1.82) is 0 Å². The quantitative estimate of drug-likeness (QED) is 0.232. The van der Waals surface area contributed by atoms with Crippen LogP contribution >= 0.6 is 11.3 Å². The van der Waals surface area contributed by atoms with Gasteiger partial charge in [0.2, 0.25) is 0 Å². The van der Waals surface area contributed by atoms with E-state index in [1.165, 1.54) is 120 Å². The lowest BCUT2D eigenvalue weighted by atomic mass is 9.66. The Morgan fingerprint density at radius 2 is 0.618 bits per heavy atom. The molecule has 0 aliphatic carbocycles. The Balaban J connectivity index is 1.26. The highest BCUT2D eigenvalue weighted by atomic mass is 32.1. The van der Waals surface area contributed by atoms with E-state index < -0.39 is 0 Å². The monoisotopic (exact) mass is 712 g/mol. The van der Waals surface area contributed by atoms with Crippen LogP contribution in [0.5, 0.6) is 0 Å². The molecule has 0 radical (unpaired) electrons. The van der Waals surface area contributed by atoms with Crippen molar-refractivity contribution in [2.45, 2.75) is 0 Å². The topological polar surface area (TPSA) is 0 Å². The third kappa shape index (κ3) is 6.12. The summed E-state index contributed by atoms with van der Waals surface area (Å²) >= 11 is 1.98. The summed E-state index contributed by atoms with van der Waals surface area (Å²) in [6.45, 7) is 0. The van der Waals surface area contributed by atoms with Crippen molar-refractivity contribution in [2.24, 2.45) is 0 Å². The van der Waals surface area contributed by atoms with Gasteiger partial charge in [0.25, 0.3) is 0 Å². The predicted molar refractivity (Wildman–Crippen MR) is 261 cm³/mol. The zero-order valence-electron chi connectivity index (χ0n) is 32.4. The summed E-state index contributed by atoms with van der Waals surface area (Å²) in [5.41, 5.74) is 23.3. The largest absolute Gasteiger partial charge is 0.141 e. The third-order valence-electron chi connectivity index (χ3n) is 12.0. The Labute approximate surface area is 334 Å². The van der Waals surface area contributed by atoms with E-state index in [9.17, 15) is 0 Å². The van der Waals surface area contributed by atoms with Gasteiger partial charge in [-0.15, -0.1) is 11.3 Å². The highest BCUT2D eigenvalue weighted by molar-refractivity contribution is 7.28. The summed E-state index contributed by atoms with van der Waals surface area (Å²) in [5.74, 6) is 0. The van der Waals surface area contributed by atoms with Gasteiger partial charge in [0, 0.05) is 14.8 Å². The number of hydrogen-bond donors (Lipinski definition) is 0. The minimum absolute atomic E-state index is 1.22. The molecule has 0 aliphatic rings. The summed E-state index contributed by atoms with van der Waals surface area (Å²) in [7, 11) is 14.0. The van der Waals surface area contributed by atoms with Gasteiger partial charge in [0.15, 0.2) is 0 Å². The second kappa shape index (κ2) is 14.2. The second-order valence-corrected chi connectivity index (χ2v) is 16.1. The van der Waals surface area contributed by atoms with E-state index in [0.717, 1.165) is 0 Å². The van der Waals surface area contributed by atoms with Gasteiger partial charge in [-0.1, -0.05) is 172 Å². The van der Waals surface area contributed by atoms with Crippen LogP contribution in [0.25, 0.3) is 86.9 Å². The van der Waals surface area contributed by atoms with Crippen LogP contribution in [0.2, 0.25) is 0 Å². The van der Waals surface area contributed by atoms with Crippen molar-refractivity contribution in [3.63, 3.8) is 0 Å². The lowest BCUT2D eigenvalue weighted by Gasteiger charge is -2.20. The first-order valence-corrected chi connectivity index (χ1v) is 20.1. The molecule has 0 spiro atoms. The SMILES string of the molecule is Bc1c(B)c(-c2ccccc2)c2c(sc3c(B)c(-c4cc(-c5ccc(-c6ccccc6)cc5)cc(-c5ccc(-c6ccccc6)cc5)c4)c(B)c(B)c32)c1B. The Morgan fingerprint density at radius 3 is 1.09 bits per heavy atom. The van der Waals surface area contributed by atoms with Crippen molar-refractivity contribution in [1.82, 2.24) is 0 Å². The Morgan fingerprint density at radius 1 is 0.255 bits per heavy atom. The predicted octanol–water partition coefficient (Wildman–Crippen LogP) is 3.61. The number of rotatable bonds is 6. The van der Waals surface area contributed by atoms with Crippen LogP contribution in [-0.2, 0) is 0 Å². The highest BCUT2D eigenvalue weighted by Gasteiger charge is 2.23. The summed E-state index contributed by atoms with van der Waals surface area (Å²) < 4.78 is 2.80. The van der Waals surface area contributed by atoms with Crippen LogP contribution in [0.1, 0.15) is 0 Å². The van der Waals surface area contributed by atoms with Crippen molar-refractivity contribution in [2.75, 3.05) is 0 Å². The van der Waals surface area contributed by atoms with Crippen LogP contribution in [0, 0.1) is 0 Å². The molecule has 1 aromatic heterocycles. The van der Waals surface area contributed by atoms with Crippen LogP contribution < -0.4 is 32.8 Å². The molecule has 0 aliphatic heterocycles. The molecule has 0 saturated heterocycles. The van der Waals surface area contributed by atoms with Gasteiger partial charge < -0.3 is 0 Å². The van der Waals surface area contributed by atoms with Gasteiger partial charge >= 0.3 is 0 Å². The molecule has 0 nitrogen and oxygen atoms in total. The molecular weight excluding hydrogens is 673 g/mol. The minimum atomic E-state index is 1.22. The Hall–Kier alpha value is -5.63. The summed E-state index contributed by atoms with van der Waals surface area (Å²) in [4.78, 5) is 0. The lowest BCUT2D eigenvalue weighted by Crippen LogP contribution is -2.40. The molecule has 0 unspecified atom stereocenters. The second-order valence-electron chi connectivity index (χ2n) is 15.1. The fourth-order valence-corrected chi connectivity index (χ4v) is 10.1. The van der Waals surface area contributed by atoms with Crippen molar-refractivity contribution in [3.8, 4) is 66.8 Å². The summed E-state index contributed by atoms with van der Waals surface area (Å²) in [5, 5.41) is 2.82. The average Bonchev–Trinajstić information content (AvgIpc) is 3.64. The molecule has 9 rings (SSSR count). The van der Waals surface area contributed by atoms with Crippen molar-refractivity contribution < 1.29 is 0 Å². The minimum Gasteiger partial charge on any atom is -0.136 e. The standard InChI is InChI=1S/C48H38B6S/c49-41-37(33-14-8-3-9-15-33)39-40-43(51)42(50)38(44(52)48(40)55-47(39)46(54)45(41)53)36-25-34(31-20-16-29(17-21-31)27-10-4-1-5-11-27)24-35(26-36)32-22-18-30(19-23-32)28-12-6-2-7-13-28/h1-26H,49-54H2. The van der Waals surface area contributed by atoms with Crippen molar-refractivity contribution >= 4 is 111 Å². The Kier molecular flexibility index (Phi) is 9.07. The van der Waals surface area contributed by atoms with Crippen LogP contribution in [-0.4, -0.2) is 47.1 Å². The van der Waals surface area contributed by atoms with E-state index in [1.807, 2.05) is 11.3 Å². The third-order valence-corrected chi connectivity index (χ3v) is 13.4. The average molecular weight is 712 g/mol. The van der Waals surface area contributed by atoms with E-state index >= 15 is 0 Å². The molecule has 0 fully saturated rings. The van der Waals surface area contributed by atoms with E-state index in [1.54, 1.807) is 0 Å². The number of thiophene rings is 1. The van der Waals surface area contributed by atoms with E-state index in [0.29, 0.717) is 0 Å². The maximum atomic E-state index is 2.42. The zero-order valence-corrected chi connectivity index (χ0v) is 33.2. The fourth-order valence-electron chi connectivity index (χ4n) is 8.63. The smallest absolute Gasteiger partial charge is 0.136 e. The van der Waals surface area contributed by atoms with Gasteiger partial charge in [0.05, 0.1) is 0 Å². The highest BCUT2D eigenvalue weighted by Crippen LogP contribution is 2.39. The zero-order chi connectivity index (χ0) is 37.8. The lowest BCUT2D eigenvalue weighted by molar-refractivity contribution is 1.56. The molecule has 0 atom stereocenters. The van der Waals surface area contributed by atoms with E-state index in [-0.39, 0.29) is 0 Å². The molecule has 55 heavy (non-hydrogen) atoms. The summed E-state index contributed by atoms with van der Waals surface area (Å²) in [6, 6.07) is 57.6. The van der Waals surface area contributed by atoms with Gasteiger partial charge in [-0.3, -0.25) is 0 Å². The molecule has 7 heteroatoms. The molecular formula is C48H38B6S. The molecule has 0 saturated carbocycles. The Bertz CT molecular complexity index is 2780. The van der Waals surface area contributed by atoms with Crippen LogP contribution in [0.3, 0.4) is 0 Å². The molecule has 1 heterocycles. The van der Waals surface area contributed by atoms with Gasteiger partial charge in [-0.2, -0.15) is 0 Å². The first-order valence-electron chi connectivity index (χ1n) is 19.3. The van der Waals surface area contributed by atoms with Gasteiger partial charge in [0.1, 0.15) is 47.1 Å². The fraction of sp³-hybridized carbons (Fsp3) is 0. The molecule has 0 N–H and O–H groups in total.